The zero-order valence-corrected chi connectivity index (χ0v) is 9.22. The summed E-state index contributed by atoms with van der Waals surface area (Å²) >= 11 is 0. The van der Waals surface area contributed by atoms with Crippen LogP contribution in [0.25, 0.3) is 0 Å². The molecule has 0 saturated carbocycles. The molecule has 0 rings (SSSR count). The Kier molecular flexibility index (Phi) is 5.02. The summed E-state index contributed by atoms with van der Waals surface area (Å²) in [6, 6.07) is -0.892. The first-order chi connectivity index (χ1) is 6.78. The van der Waals surface area contributed by atoms with E-state index in [9.17, 15) is 13.2 Å². The Morgan fingerprint density at radius 2 is 2.13 bits per heavy atom. The molecule has 1 amide bonds. The molecule has 0 aromatic carbocycles. The van der Waals surface area contributed by atoms with Crippen molar-refractivity contribution in [1.82, 2.24) is 9.44 Å². The Morgan fingerprint density at radius 3 is 2.53 bits per heavy atom. The fourth-order valence-electron chi connectivity index (χ4n) is 0.596. The van der Waals surface area contributed by atoms with E-state index >= 15 is 0 Å². The summed E-state index contributed by atoms with van der Waals surface area (Å²) < 4.78 is 30.2. The van der Waals surface area contributed by atoms with Crippen LogP contribution in [0.5, 0.6) is 0 Å². The highest BCUT2D eigenvalue weighted by Crippen LogP contribution is 1.87. The number of rotatable bonds is 5. The summed E-state index contributed by atoms with van der Waals surface area (Å²) in [7, 11) is -4.04. The van der Waals surface area contributed by atoms with E-state index in [2.05, 4.69) is 4.74 Å². The molecule has 88 valence electrons. The first-order valence-electron chi connectivity index (χ1n) is 4.09. The second kappa shape index (κ2) is 5.51. The van der Waals surface area contributed by atoms with Crippen molar-refractivity contribution in [3.63, 3.8) is 0 Å². The molecule has 5 N–H and O–H groups in total. The molecule has 0 radical (unpaired) electrons. The minimum Gasteiger partial charge on any atom is -0.449 e. The Bertz CT molecular complexity index is 339. The number of amidine groups is 1. The van der Waals surface area contributed by atoms with Gasteiger partial charge < -0.3 is 10.5 Å². The predicted octanol–water partition coefficient (Wildman–Crippen LogP) is -1.11. The number of ether oxygens (including phenoxy) is 1. The van der Waals surface area contributed by atoms with Crippen LogP contribution < -0.4 is 15.2 Å². The van der Waals surface area contributed by atoms with Crippen LogP contribution in [0.4, 0.5) is 4.79 Å². The number of nitrogens with one attached hydrogen (secondary N) is 3. The summed E-state index contributed by atoms with van der Waals surface area (Å²) in [6.45, 7) is 2.97. The average Bonchev–Trinajstić information content (AvgIpc) is 2.01. The van der Waals surface area contributed by atoms with E-state index in [-0.39, 0.29) is 12.4 Å². The van der Waals surface area contributed by atoms with Gasteiger partial charge in [0.2, 0.25) is 0 Å². The molecule has 0 spiro atoms. The van der Waals surface area contributed by atoms with Gasteiger partial charge in [-0.25, -0.2) is 9.52 Å². The monoisotopic (exact) mass is 238 g/mol. The maximum atomic E-state index is 11.2. The molecule has 0 aromatic rings. The van der Waals surface area contributed by atoms with Crippen molar-refractivity contribution in [2.75, 3.05) is 6.61 Å². The van der Waals surface area contributed by atoms with Gasteiger partial charge in [0.05, 0.1) is 12.6 Å². The van der Waals surface area contributed by atoms with Gasteiger partial charge in [0.15, 0.2) is 0 Å². The van der Waals surface area contributed by atoms with Crippen molar-refractivity contribution in [3.05, 3.63) is 0 Å². The standard InChI is InChI=1S/C6H14N4O4S/c1-3-14-6(11)10-15(12,13)9-4(2)5(7)8/h4,9H,3H2,1-2H3,(H3,7,8)(H,10,11). The third-order valence-electron chi connectivity index (χ3n) is 1.29. The molecule has 0 aliphatic rings. The molecule has 1 unspecified atom stereocenters. The number of carbonyl (C=O) groups excluding carboxylic acids is 1. The van der Waals surface area contributed by atoms with Crippen LogP contribution in [0.15, 0.2) is 0 Å². The highest BCUT2D eigenvalue weighted by atomic mass is 32.2. The lowest BCUT2D eigenvalue weighted by Crippen LogP contribution is -2.48. The average molecular weight is 238 g/mol. The van der Waals surface area contributed by atoms with Crippen LogP contribution in [-0.4, -0.2) is 33.0 Å². The highest BCUT2D eigenvalue weighted by molar-refractivity contribution is 7.88. The lowest BCUT2D eigenvalue weighted by Gasteiger charge is -2.12. The SMILES string of the molecule is CCOC(=O)NS(=O)(=O)NC(C)C(=N)N. The van der Waals surface area contributed by atoms with E-state index in [0.717, 1.165) is 0 Å². The normalized spacial score (nSPS) is 12.9. The highest BCUT2D eigenvalue weighted by Gasteiger charge is 2.18. The minimum absolute atomic E-state index is 0.0591. The van der Waals surface area contributed by atoms with Crippen molar-refractivity contribution < 1.29 is 17.9 Å². The van der Waals surface area contributed by atoms with Crippen molar-refractivity contribution in [2.45, 2.75) is 19.9 Å². The molecule has 1 atom stereocenters. The summed E-state index contributed by atoms with van der Waals surface area (Å²) in [4.78, 5) is 10.8. The second-order valence-electron chi connectivity index (χ2n) is 2.62. The molecule has 0 aliphatic heterocycles. The van der Waals surface area contributed by atoms with Crippen LogP contribution in [0.2, 0.25) is 0 Å². The first-order valence-corrected chi connectivity index (χ1v) is 5.57. The second-order valence-corrected chi connectivity index (χ2v) is 4.07. The lowest BCUT2D eigenvalue weighted by atomic mass is 10.3. The van der Waals surface area contributed by atoms with Crippen LogP contribution in [0, 0.1) is 5.41 Å². The Labute approximate surface area is 87.9 Å². The Balaban J connectivity index is 4.32. The zero-order valence-electron chi connectivity index (χ0n) is 8.40. The fraction of sp³-hybridized carbons (Fsp3) is 0.667. The Hall–Kier alpha value is -1.35. The van der Waals surface area contributed by atoms with Crippen LogP contribution in [0.1, 0.15) is 13.8 Å². The maximum absolute atomic E-state index is 11.2. The van der Waals surface area contributed by atoms with Gasteiger partial charge in [-0.05, 0) is 13.8 Å². The van der Waals surface area contributed by atoms with Gasteiger partial charge in [-0.3, -0.25) is 5.41 Å². The lowest BCUT2D eigenvalue weighted by molar-refractivity contribution is 0.158. The molecule has 0 bridgehead atoms. The van der Waals surface area contributed by atoms with Gasteiger partial charge in [0.1, 0.15) is 5.84 Å². The topological polar surface area (TPSA) is 134 Å². The quantitative estimate of drug-likeness (QED) is 0.356. The third kappa shape index (κ3) is 5.86. The Morgan fingerprint density at radius 1 is 1.60 bits per heavy atom. The predicted molar refractivity (Wildman–Crippen MR) is 53.6 cm³/mol. The van der Waals surface area contributed by atoms with Gasteiger partial charge >= 0.3 is 16.3 Å². The summed E-state index contributed by atoms with van der Waals surface area (Å²) in [5.41, 5.74) is 5.05. The van der Waals surface area contributed by atoms with Crippen molar-refractivity contribution in [2.24, 2.45) is 5.73 Å². The van der Waals surface area contributed by atoms with Crippen LogP contribution in [0.3, 0.4) is 0 Å². The van der Waals surface area contributed by atoms with Crippen molar-refractivity contribution in [1.29, 1.82) is 5.41 Å². The number of amides is 1. The van der Waals surface area contributed by atoms with Gasteiger partial charge in [-0.15, -0.1) is 0 Å². The number of hydrogen-bond acceptors (Lipinski definition) is 5. The van der Waals surface area contributed by atoms with Gasteiger partial charge in [0, 0.05) is 0 Å². The molecule has 0 fully saturated rings. The minimum atomic E-state index is -4.04. The molecule has 15 heavy (non-hydrogen) atoms. The number of hydrogen-bond donors (Lipinski definition) is 4. The molecule has 0 aromatic heterocycles. The van der Waals surface area contributed by atoms with Gasteiger partial charge in [-0.1, -0.05) is 0 Å². The maximum Gasteiger partial charge on any atom is 0.421 e. The number of nitrogens with two attached hydrogens (primary N) is 1. The summed E-state index contributed by atoms with van der Waals surface area (Å²) in [6.07, 6.45) is -1.08. The van der Waals surface area contributed by atoms with E-state index in [4.69, 9.17) is 11.1 Å². The fourth-order valence-corrected chi connectivity index (χ4v) is 1.53. The molecule has 0 heterocycles. The number of carbonyl (C=O) groups is 1. The van der Waals surface area contributed by atoms with Gasteiger partial charge in [-0.2, -0.15) is 13.1 Å². The molecule has 8 nitrogen and oxygen atoms in total. The van der Waals surface area contributed by atoms with Crippen LogP contribution in [-0.2, 0) is 14.9 Å². The molecular formula is C6H14N4O4S. The van der Waals surface area contributed by atoms with Crippen molar-refractivity contribution >= 4 is 22.1 Å². The molecule has 0 aliphatic carbocycles. The van der Waals surface area contributed by atoms with Crippen molar-refractivity contribution in [3.8, 4) is 0 Å². The smallest absolute Gasteiger partial charge is 0.421 e. The summed E-state index contributed by atoms with van der Waals surface area (Å²) in [5, 5.41) is 6.95. The summed E-state index contributed by atoms with van der Waals surface area (Å²) in [5.74, 6) is -0.357. The third-order valence-corrected chi connectivity index (χ3v) is 2.39. The van der Waals surface area contributed by atoms with E-state index in [1.54, 1.807) is 4.72 Å². The van der Waals surface area contributed by atoms with Gasteiger partial charge in [0.25, 0.3) is 0 Å². The zero-order chi connectivity index (χ0) is 12.1. The first kappa shape index (κ1) is 13.7. The van der Waals surface area contributed by atoms with E-state index in [1.165, 1.54) is 13.8 Å². The van der Waals surface area contributed by atoms with E-state index in [0.29, 0.717) is 0 Å². The largest absolute Gasteiger partial charge is 0.449 e. The van der Waals surface area contributed by atoms with E-state index < -0.39 is 22.3 Å². The van der Waals surface area contributed by atoms with Crippen LogP contribution >= 0.6 is 0 Å². The molecule has 9 heteroatoms. The molecular weight excluding hydrogens is 224 g/mol. The van der Waals surface area contributed by atoms with E-state index in [1.807, 2.05) is 4.72 Å². The molecule has 0 saturated heterocycles.